The highest BCUT2D eigenvalue weighted by Crippen LogP contribution is 2.29. The molecule has 0 amide bonds. The first kappa shape index (κ1) is 16.1. The molecular weight excluding hydrogens is 374 g/mol. The number of fused-ring (bicyclic) bond motifs is 1. The van der Waals surface area contributed by atoms with Gasteiger partial charge in [0.15, 0.2) is 5.78 Å². The summed E-state index contributed by atoms with van der Waals surface area (Å²) >= 11 is 3.37. The normalized spacial score (nSPS) is 10.7. The molecule has 0 spiro atoms. The van der Waals surface area contributed by atoms with Gasteiger partial charge in [-0.1, -0.05) is 34.1 Å². The van der Waals surface area contributed by atoms with Gasteiger partial charge < -0.3 is 9.51 Å². The minimum atomic E-state index is -1.60. The topological polar surface area (TPSA) is 75.8 Å². The van der Waals surface area contributed by atoms with Gasteiger partial charge in [-0.05, 0) is 35.9 Å². The molecule has 0 saturated carbocycles. The van der Waals surface area contributed by atoms with Crippen LogP contribution in [0.4, 0.5) is 0 Å². The number of pyridine rings is 1. The van der Waals surface area contributed by atoms with E-state index in [4.69, 9.17) is 5.11 Å². The van der Waals surface area contributed by atoms with Crippen LogP contribution >= 0.6 is 15.9 Å². The Morgan fingerprint density at radius 1 is 1.04 bits per heavy atom. The standard InChI is InChI=1S/C18H12BrNO4/c19-12-6-4-11(5-7-12)14-9-13-3-1-2-8-20(13)17(14)15(21)10-16(22)18(23)24/h1-9H,10H2,(H,23,24). The third-order valence-electron chi connectivity index (χ3n) is 3.66. The third kappa shape index (κ3) is 3.00. The van der Waals surface area contributed by atoms with Gasteiger partial charge in [0, 0.05) is 21.7 Å². The van der Waals surface area contributed by atoms with Crippen molar-refractivity contribution in [3.05, 3.63) is 64.9 Å². The molecule has 0 aliphatic heterocycles. The Morgan fingerprint density at radius 2 is 1.75 bits per heavy atom. The fraction of sp³-hybridized carbons (Fsp3) is 0.0556. The van der Waals surface area contributed by atoms with Gasteiger partial charge in [0.1, 0.15) is 0 Å². The number of benzene rings is 1. The molecule has 6 heteroatoms. The quantitative estimate of drug-likeness (QED) is 0.413. The second kappa shape index (κ2) is 6.41. The molecule has 2 heterocycles. The number of aromatic nitrogens is 1. The van der Waals surface area contributed by atoms with E-state index in [1.165, 1.54) is 0 Å². The Hall–Kier alpha value is -2.73. The molecule has 1 aromatic carbocycles. The van der Waals surface area contributed by atoms with E-state index in [2.05, 4.69) is 15.9 Å². The Bertz CT molecular complexity index is 957. The van der Waals surface area contributed by atoms with Crippen LogP contribution in [0.3, 0.4) is 0 Å². The van der Waals surface area contributed by atoms with Gasteiger partial charge in [-0.2, -0.15) is 0 Å². The number of nitrogens with zero attached hydrogens (tertiary/aromatic N) is 1. The first-order valence-corrected chi connectivity index (χ1v) is 7.92. The largest absolute Gasteiger partial charge is 0.475 e. The maximum atomic E-state index is 12.6. The zero-order chi connectivity index (χ0) is 17.3. The molecule has 0 saturated heterocycles. The van der Waals surface area contributed by atoms with Crippen LogP contribution in [0.5, 0.6) is 0 Å². The molecule has 3 aromatic rings. The minimum Gasteiger partial charge on any atom is -0.475 e. The van der Waals surface area contributed by atoms with Crippen LogP contribution in [-0.2, 0) is 9.59 Å². The fourth-order valence-electron chi connectivity index (χ4n) is 2.56. The number of carboxylic acid groups (broad SMARTS) is 1. The average molecular weight is 386 g/mol. The van der Waals surface area contributed by atoms with E-state index in [1.807, 2.05) is 42.5 Å². The number of rotatable bonds is 5. The van der Waals surface area contributed by atoms with Crippen LogP contribution in [0.1, 0.15) is 16.9 Å². The van der Waals surface area contributed by atoms with Crippen LogP contribution in [0.15, 0.2) is 59.2 Å². The lowest BCUT2D eigenvalue weighted by atomic mass is 10.0. The number of hydrogen-bond donors (Lipinski definition) is 1. The Morgan fingerprint density at radius 3 is 2.42 bits per heavy atom. The van der Waals surface area contributed by atoms with E-state index in [1.54, 1.807) is 16.7 Å². The maximum absolute atomic E-state index is 12.6. The summed E-state index contributed by atoms with van der Waals surface area (Å²) < 4.78 is 2.58. The van der Waals surface area contributed by atoms with E-state index in [9.17, 15) is 14.4 Å². The minimum absolute atomic E-state index is 0.308. The van der Waals surface area contributed by atoms with Crippen LogP contribution < -0.4 is 0 Å². The summed E-state index contributed by atoms with van der Waals surface area (Å²) in [5.41, 5.74) is 2.58. The Balaban J connectivity index is 2.15. The number of hydrogen-bond acceptors (Lipinski definition) is 3. The summed E-state index contributed by atoms with van der Waals surface area (Å²) in [6.07, 6.45) is 1.05. The lowest BCUT2D eigenvalue weighted by Gasteiger charge is -2.06. The van der Waals surface area contributed by atoms with E-state index < -0.39 is 24.0 Å². The van der Waals surface area contributed by atoms with Crippen molar-refractivity contribution in [2.45, 2.75) is 6.42 Å². The van der Waals surface area contributed by atoms with Gasteiger partial charge in [0.2, 0.25) is 5.78 Å². The number of carbonyl (C=O) groups excluding carboxylic acids is 2. The lowest BCUT2D eigenvalue weighted by Crippen LogP contribution is -2.18. The van der Waals surface area contributed by atoms with Crippen molar-refractivity contribution in [2.24, 2.45) is 0 Å². The van der Waals surface area contributed by atoms with Crippen LogP contribution in [0, 0.1) is 0 Å². The molecule has 0 aliphatic carbocycles. The Kier molecular flexibility index (Phi) is 4.31. The number of ketones is 2. The summed E-state index contributed by atoms with van der Waals surface area (Å²) in [6.45, 7) is 0. The van der Waals surface area contributed by atoms with Crippen molar-refractivity contribution in [1.29, 1.82) is 0 Å². The van der Waals surface area contributed by atoms with E-state index >= 15 is 0 Å². The fourth-order valence-corrected chi connectivity index (χ4v) is 2.83. The zero-order valence-corrected chi connectivity index (χ0v) is 14.0. The summed E-state index contributed by atoms with van der Waals surface area (Å²) in [6, 6.07) is 14.7. The molecule has 0 aliphatic rings. The van der Waals surface area contributed by atoms with Crippen LogP contribution in [0.25, 0.3) is 16.6 Å². The Labute approximate surface area is 145 Å². The van der Waals surface area contributed by atoms with Gasteiger partial charge in [-0.15, -0.1) is 0 Å². The second-order valence-electron chi connectivity index (χ2n) is 5.24. The molecular formula is C18H12BrNO4. The molecule has 0 unspecified atom stereocenters. The maximum Gasteiger partial charge on any atom is 0.372 e. The van der Waals surface area contributed by atoms with E-state index in [0.717, 1.165) is 15.6 Å². The highest BCUT2D eigenvalue weighted by atomic mass is 79.9. The smallest absolute Gasteiger partial charge is 0.372 e. The second-order valence-corrected chi connectivity index (χ2v) is 6.15. The van der Waals surface area contributed by atoms with Gasteiger partial charge in [-0.25, -0.2) is 4.79 Å². The number of aliphatic carboxylic acids is 1. The predicted octanol–water partition coefficient (Wildman–Crippen LogP) is 3.60. The van der Waals surface area contributed by atoms with Gasteiger partial charge in [0.25, 0.3) is 0 Å². The molecule has 3 rings (SSSR count). The van der Waals surface area contributed by atoms with Crippen molar-refractivity contribution in [2.75, 3.05) is 0 Å². The monoisotopic (exact) mass is 385 g/mol. The van der Waals surface area contributed by atoms with Crippen molar-refractivity contribution in [3.8, 4) is 11.1 Å². The highest BCUT2D eigenvalue weighted by Gasteiger charge is 2.23. The van der Waals surface area contributed by atoms with Crippen molar-refractivity contribution >= 4 is 39.0 Å². The molecule has 24 heavy (non-hydrogen) atoms. The van der Waals surface area contributed by atoms with Gasteiger partial charge >= 0.3 is 5.97 Å². The van der Waals surface area contributed by atoms with Crippen molar-refractivity contribution < 1.29 is 19.5 Å². The van der Waals surface area contributed by atoms with Gasteiger partial charge in [0.05, 0.1) is 12.1 Å². The van der Waals surface area contributed by atoms with Crippen molar-refractivity contribution in [3.63, 3.8) is 0 Å². The summed E-state index contributed by atoms with van der Waals surface area (Å²) in [4.78, 5) is 34.8. The molecule has 0 atom stereocenters. The summed E-state index contributed by atoms with van der Waals surface area (Å²) in [5.74, 6) is -3.24. The molecule has 120 valence electrons. The van der Waals surface area contributed by atoms with Crippen molar-refractivity contribution in [1.82, 2.24) is 4.40 Å². The first-order chi connectivity index (χ1) is 11.5. The van der Waals surface area contributed by atoms with E-state index in [0.29, 0.717) is 11.3 Å². The average Bonchev–Trinajstić information content (AvgIpc) is 2.94. The molecule has 0 radical (unpaired) electrons. The lowest BCUT2D eigenvalue weighted by molar-refractivity contribution is -0.148. The third-order valence-corrected chi connectivity index (χ3v) is 4.19. The molecule has 0 fully saturated rings. The molecule has 2 aromatic heterocycles. The van der Waals surface area contributed by atoms with Gasteiger partial charge in [-0.3, -0.25) is 9.59 Å². The molecule has 5 nitrogen and oxygen atoms in total. The summed E-state index contributed by atoms with van der Waals surface area (Å²) in [7, 11) is 0. The highest BCUT2D eigenvalue weighted by molar-refractivity contribution is 9.10. The zero-order valence-electron chi connectivity index (χ0n) is 12.4. The SMILES string of the molecule is O=C(O)C(=O)CC(=O)c1c(-c2ccc(Br)cc2)cc2ccccn12. The number of Topliss-reactive ketones (excluding diaryl/α,β-unsaturated/α-hetero) is 2. The number of carbonyl (C=O) groups is 3. The van der Waals surface area contributed by atoms with Crippen LogP contribution in [0.2, 0.25) is 0 Å². The number of halogens is 1. The van der Waals surface area contributed by atoms with Crippen LogP contribution in [-0.4, -0.2) is 27.0 Å². The first-order valence-electron chi connectivity index (χ1n) is 7.12. The number of carboxylic acids is 1. The molecule has 1 N–H and O–H groups in total. The summed E-state index contributed by atoms with van der Waals surface area (Å²) in [5, 5.41) is 8.74. The predicted molar refractivity (Wildman–Crippen MR) is 92.1 cm³/mol. The molecule has 0 bridgehead atoms. The van der Waals surface area contributed by atoms with E-state index in [-0.39, 0.29) is 0 Å².